The van der Waals surface area contributed by atoms with Crippen molar-refractivity contribution in [2.45, 2.75) is 51.4 Å². The van der Waals surface area contributed by atoms with Gasteiger partial charge in [-0.15, -0.1) is 0 Å². The Morgan fingerprint density at radius 3 is 2.75 bits per heavy atom. The van der Waals surface area contributed by atoms with Gasteiger partial charge in [-0.25, -0.2) is 0 Å². The summed E-state index contributed by atoms with van der Waals surface area (Å²) in [5.74, 6) is 0.767. The van der Waals surface area contributed by atoms with Crippen LogP contribution in [-0.2, 0) is 4.74 Å². The van der Waals surface area contributed by atoms with E-state index in [2.05, 4.69) is 38.3 Å². The molecule has 1 rings (SSSR count). The van der Waals surface area contributed by atoms with Crippen LogP contribution in [0.2, 0.25) is 0 Å². The van der Waals surface area contributed by atoms with Gasteiger partial charge < -0.3 is 9.64 Å². The van der Waals surface area contributed by atoms with Crippen molar-refractivity contribution in [2.75, 3.05) is 26.2 Å². The number of rotatable bonds is 7. The van der Waals surface area contributed by atoms with Gasteiger partial charge in [0, 0.05) is 26.2 Å². The number of thiol groups is 1. The molecule has 3 heteroatoms. The Balaban J connectivity index is 2.03. The highest BCUT2D eigenvalue weighted by atomic mass is 32.1. The van der Waals surface area contributed by atoms with Crippen LogP contribution in [0.1, 0.15) is 40.0 Å². The van der Waals surface area contributed by atoms with Crippen molar-refractivity contribution in [3.05, 3.63) is 0 Å². The van der Waals surface area contributed by atoms with E-state index in [-0.39, 0.29) is 0 Å². The zero-order valence-electron chi connectivity index (χ0n) is 11.0. The van der Waals surface area contributed by atoms with Gasteiger partial charge in [0.25, 0.3) is 0 Å². The third-order valence-corrected chi connectivity index (χ3v) is 3.23. The van der Waals surface area contributed by atoms with Crippen molar-refractivity contribution in [1.82, 2.24) is 4.90 Å². The van der Waals surface area contributed by atoms with Crippen molar-refractivity contribution in [2.24, 2.45) is 5.92 Å². The molecule has 0 aromatic heterocycles. The summed E-state index contributed by atoms with van der Waals surface area (Å²) in [5.41, 5.74) is 0. The van der Waals surface area contributed by atoms with E-state index in [1.54, 1.807) is 0 Å². The van der Waals surface area contributed by atoms with E-state index in [0.29, 0.717) is 11.4 Å². The zero-order valence-corrected chi connectivity index (χ0v) is 11.9. The molecule has 0 radical (unpaired) electrons. The first-order valence-corrected chi connectivity index (χ1v) is 7.11. The molecular weight excluding hydrogens is 218 g/mol. The van der Waals surface area contributed by atoms with Crippen molar-refractivity contribution in [1.29, 1.82) is 0 Å². The molecule has 16 heavy (non-hydrogen) atoms. The molecule has 1 aliphatic heterocycles. The molecule has 1 heterocycles. The highest BCUT2D eigenvalue weighted by Crippen LogP contribution is 2.15. The first-order valence-electron chi connectivity index (χ1n) is 6.60. The summed E-state index contributed by atoms with van der Waals surface area (Å²) < 4.78 is 5.89. The number of hydrogen-bond acceptors (Lipinski definition) is 3. The zero-order chi connectivity index (χ0) is 12.0. The first kappa shape index (κ1) is 14.3. The molecule has 0 N–H and O–H groups in total. The second-order valence-electron chi connectivity index (χ2n) is 5.43. The van der Waals surface area contributed by atoms with Crippen molar-refractivity contribution < 1.29 is 4.74 Å². The first-order chi connectivity index (χ1) is 7.58. The van der Waals surface area contributed by atoms with Gasteiger partial charge in [-0.05, 0) is 30.4 Å². The lowest BCUT2D eigenvalue weighted by Crippen LogP contribution is -2.27. The van der Waals surface area contributed by atoms with Crippen molar-refractivity contribution >= 4 is 12.6 Å². The van der Waals surface area contributed by atoms with Crippen LogP contribution in [0.25, 0.3) is 0 Å². The quantitative estimate of drug-likeness (QED) is 0.547. The molecule has 1 saturated heterocycles. The second-order valence-corrected chi connectivity index (χ2v) is 6.31. The van der Waals surface area contributed by atoms with Crippen LogP contribution in [0.5, 0.6) is 0 Å². The molecule has 0 bridgehead atoms. The van der Waals surface area contributed by atoms with Gasteiger partial charge in [-0.3, -0.25) is 0 Å². The normalized spacial score (nSPS) is 24.2. The Kier molecular flexibility index (Phi) is 6.78. The van der Waals surface area contributed by atoms with Crippen LogP contribution in [0.15, 0.2) is 0 Å². The molecule has 0 aliphatic carbocycles. The summed E-state index contributed by atoms with van der Waals surface area (Å²) in [6, 6.07) is 0. The molecule has 0 aromatic rings. The van der Waals surface area contributed by atoms with E-state index < -0.39 is 0 Å². The maximum atomic E-state index is 5.89. The van der Waals surface area contributed by atoms with E-state index in [9.17, 15) is 0 Å². The molecule has 0 amide bonds. The predicted molar refractivity (Wildman–Crippen MR) is 73.3 cm³/mol. The molecule has 0 aromatic carbocycles. The molecule has 2 nitrogen and oxygen atoms in total. The van der Waals surface area contributed by atoms with Gasteiger partial charge >= 0.3 is 0 Å². The Bertz CT molecular complexity index is 185. The fourth-order valence-corrected chi connectivity index (χ4v) is 2.43. The molecule has 1 aliphatic rings. The average Bonchev–Trinajstić information content (AvgIpc) is 2.59. The standard InChI is InChI=1S/C13H27NOS/c1-11(2)9-14-7-6-13(10-14)15-8-4-5-12(3)16/h11-13,16H,4-10H2,1-3H3/t12?,13-/m1/s1. The number of likely N-dealkylation sites (tertiary alicyclic amines) is 1. The summed E-state index contributed by atoms with van der Waals surface area (Å²) in [7, 11) is 0. The van der Waals surface area contributed by atoms with Gasteiger partial charge in [-0.1, -0.05) is 20.8 Å². The van der Waals surface area contributed by atoms with Gasteiger partial charge in [0.2, 0.25) is 0 Å². The monoisotopic (exact) mass is 245 g/mol. The Morgan fingerprint density at radius 2 is 2.12 bits per heavy atom. The largest absolute Gasteiger partial charge is 0.377 e. The van der Waals surface area contributed by atoms with Crippen LogP contribution in [0.3, 0.4) is 0 Å². The summed E-state index contributed by atoms with van der Waals surface area (Å²) in [6.07, 6.45) is 3.99. The van der Waals surface area contributed by atoms with Crippen LogP contribution in [-0.4, -0.2) is 42.5 Å². The maximum absolute atomic E-state index is 5.89. The number of nitrogens with zero attached hydrogens (tertiary/aromatic N) is 1. The molecule has 1 fully saturated rings. The summed E-state index contributed by atoms with van der Waals surface area (Å²) >= 11 is 4.37. The van der Waals surface area contributed by atoms with Crippen LogP contribution in [0, 0.1) is 5.92 Å². The highest BCUT2D eigenvalue weighted by molar-refractivity contribution is 7.80. The van der Waals surface area contributed by atoms with Crippen molar-refractivity contribution in [3.63, 3.8) is 0 Å². The molecular formula is C13H27NOS. The molecule has 0 spiro atoms. The second kappa shape index (κ2) is 7.57. The van der Waals surface area contributed by atoms with Crippen LogP contribution >= 0.6 is 12.6 Å². The minimum atomic E-state index is 0.481. The Hall–Kier alpha value is 0.270. The Morgan fingerprint density at radius 1 is 1.38 bits per heavy atom. The van der Waals surface area contributed by atoms with Crippen LogP contribution in [0.4, 0.5) is 0 Å². The SMILES string of the molecule is CC(C)CN1CC[C@@H](OCCCC(C)S)C1. The lowest BCUT2D eigenvalue weighted by Gasteiger charge is -2.18. The average molecular weight is 245 g/mol. The maximum Gasteiger partial charge on any atom is 0.0714 e. The lowest BCUT2D eigenvalue weighted by molar-refractivity contribution is 0.0559. The van der Waals surface area contributed by atoms with E-state index in [4.69, 9.17) is 4.74 Å². The van der Waals surface area contributed by atoms with Gasteiger partial charge in [0.15, 0.2) is 0 Å². The fraction of sp³-hybridized carbons (Fsp3) is 1.00. The predicted octanol–water partition coefficient (Wildman–Crippen LogP) is 2.83. The summed E-state index contributed by atoms with van der Waals surface area (Å²) in [5, 5.41) is 0.504. The lowest BCUT2D eigenvalue weighted by atomic mass is 10.2. The minimum absolute atomic E-state index is 0.481. The fourth-order valence-electron chi connectivity index (χ4n) is 2.24. The van der Waals surface area contributed by atoms with Gasteiger partial charge in [-0.2, -0.15) is 12.6 Å². The number of ether oxygens (including phenoxy) is 1. The minimum Gasteiger partial charge on any atom is -0.377 e. The van der Waals surface area contributed by atoms with Gasteiger partial charge in [0.05, 0.1) is 6.10 Å². The summed E-state index contributed by atoms with van der Waals surface area (Å²) in [6.45, 7) is 11.2. The van der Waals surface area contributed by atoms with Gasteiger partial charge in [0.1, 0.15) is 0 Å². The highest BCUT2D eigenvalue weighted by Gasteiger charge is 2.22. The number of hydrogen-bond donors (Lipinski definition) is 1. The van der Waals surface area contributed by atoms with E-state index >= 15 is 0 Å². The smallest absolute Gasteiger partial charge is 0.0714 e. The Labute approximate surface area is 106 Å². The molecule has 0 saturated carbocycles. The molecule has 96 valence electrons. The topological polar surface area (TPSA) is 12.5 Å². The van der Waals surface area contributed by atoms with E-state index in [1.165, 1.54) is 19.5 Å². The van der Waals surface area contributed by atoms with E-state index in [0.717, 1.165) is 31.9 Å². The summed E-state index contributed by atoms with van der Waals surface area (Å²) in [4.78, 5) is 2.52. The van der Waals surface area contributed by atoms with Crippen LogP contribution < -0.4 is 0 Å². The third kappa shape index (κ3) is 6.12. The molecule has 2 atom stereocenters. The van der Waals surface area contributed by atoms with E-state index in [1.807, 2.05) is 0 Å². The van der Waals surface area contributed by atoms with Crippen molar-refractivity contribution in [3.8, 4) is 0 Å². The third-order valence-electron chi connectivity index (χ3n) is 2.97. The molecule has 1 unspecified atom stereocenters.